The molecule has 2 heterocycles. The van der Waals surface area contributed by atoms with E-state index in [1.807, 2.05) is 36.4 Å². The fraction of sp³-hybridized carbons (Fsp3) is 0.136. The maximum absolute atomic E-state index is 12.2. The lowest BCUT2D eigenvalue weighted by molar-refractivity contribution is -0.697. The summed E-state index contributed by atoms with van der Waals surface area (Å²) in [5, 5.41) is 2.81. The van der Waals surface area contributed by atoms with Gasteiger partial charge in [-0.25, -0.2) is 0 Å². The highest BCUT2D eigenvalue weighted by Gasteiger charge is 2.21. The predicted octanol–water partition coefficient (Wildman–Crippen LogP) is 3.44. The second-order valence-corrected chi connectivity index (χ2v) is 7.42. The van der Waals surface area contributed by atoms with Crippen molar-refractivity contribution in [1.82, 2.24) is 0 Å². The van der Waals surface area contributed by atoms with Gasteiger partial charge in [0.15, 0.2) is 18.4 Å². The smallest absolute Gasteiger partial charge is 0.234 e. The Morgan fingerprint density at radius 1 is 0.963 bits per heavy atom. The van der Waals surface area contributed by atoms with Gasteiger partial charge in [0.2, 0.25) is 11.0 Å². The summed E-state index contributed by atoms with van der Waals surface area (Å²) >= 11 is 1.02. The fourth-order valence-corrected chi connectivity index (χ4v) is 3.85. The maximum atomic E-state index is 12.2. The summed E-state index contributed by atoms with van der Waals surface area (Å²) in [6.07, 6.45) is 2.97. The molecule has 1 N–H and O–H groups in total. The zero-order valence-corrected chi connectivity index (χ0v) is 15.5. The van der Waals surface area contributed by atoms with Crippen molar-refractivity contribution in [2.45, 2.75) is 13.0 Å². The minimum atomic E-state index is -0.173. The summed E-state index contributed by atoms with van der Waals surface area (Å²) < 4.78 is 2.22. The molecular formula is C22H19N2O2S+. The molecule has 3 aromatic rings. The highest BCUT2D eigenvalue weighted by Crippen LogP contribution is 2.22. The van der Waals surface area contributed by atoms with E-state index in [1.165, 1.54) is 16.8 Å². The molecule has 5 heteroatoms. The number of hydrogen-bond acceptors (Lipinski definition) is 3. The van der Waals surface area contributed by atoms with Crippen LogP contribution in [0.4, 0.5) is 5.69 Å². The maximum Gasteiger partial charge on any atom is 0.234 e. The molecule has 0 aliphatic carbocycles. The monoisotopic (exact) mass is 375 g/mol. The summed E-state index contributed by atoms with van der Waals surface area (Å²) in [4.78, 5) is 24.3. The molecule has 1 aromatic heterocycles. The van der Waals surface area contributed by atoms with Crippen LogP contribution in [-0.2, 0) is 17.8 Å². The Hall–Kier alpha value is -2.92. The first-order valence-corrected chi connectivity index (χ1v) is 9.79. The van der Waals surface area contributed by atoms with Crippen molar-refractivity contribution in [2.75, 3.05) is 11.1 Å². The number of fused-ring (bicyclic) bond motifs is 2. The first-order chi connectivity index (χ1) is 13.2. The second-order valence-electron chi connectivity index (χ2n) is 6.47. The summed E-state index contributed by atoms with van der Waals surface area (Å²) in [5.41, 5.74) is 5.17. The van der Waals surface area contributed by atoms with Crippen LogP contribution in [0, 0.1) is 0 Å². The van der Waals surface area contributed by atoms with Crippen LogP contribution in [0.25, 0.3) is 0 Å². The van der Waals surface area contributed by atoms with E-state index in [9.17, 15) is 9.59 Å². The third-order valence-corrected chi connectivity index (χ3v) is 5.49. The molecule has 0 saturated carbocycles. The first-order valence-electron chi connectivity index (χ1n) is 8.80. The third kappa shape index (κ3) is 4.09. The van der Waals surface area contributed by atoms with Crippen LogP contribution in [0.1, 0.15) is 27.2 Å². The molecule has 0 radical (unpaired) electrons. The van der Waals surface area contributed by atoms with Gasteiger partial charge >= 0.3 is 0 Å². The van der Waals surface area contributed by atoms with Crippen molar-refractivity contribution in [1.29, 1.82) is 0 Å². The summed E-state index contributed by atoms with van der Waals surface area (Å²) in [6, 6.07) is 21.3. The van der Waals surface area contributed by atoms with Gasteiger partial charge in [0, 0.05) is 28.9 Å². The molecule has 134 valence electrons. The third-order valence-electron chi connectivity index (χ3n) is 4.58. The van der Waals surface area contributed by atoms with E-state index in [2.05, 4.69) is 34.3 Å². The first kappa shape index (κ1) is 17.5. The van der Waals surface area contributed by atoms with Crippen LogP contribution in [0.5, 0.6) is 0 Å². The largest absolute Gasteiger partial charge is 0.325 e. The number of pyridine rings is 1. The number of nitrogens with zero attached hydrogens (tertiary/aromatic N) is 1. The van der Waals surface area contributed by atoms with Gasteiger partial charge in [0.05, 0.1) is 12.2 Å². The van der Waals surface area contributed by atoms with Crippen molar-refractivity contribution < 1.29 is 14.2 Å². The molecule has 2 aromatic carbocycles. The molecule has 0 fully saturated rings. The molecule has 0 spiro atoms. The fourth-order valence-electron chi connectivity index (χ4n) is 3.21. The molecule has 1 amide bonds. The zero-order chi connectivity index (χ0) is 18.6. The van der Waals surface area contributed by atoms with Crippen LogP contribution >= 0.6 is 11.8 Å². The number of thioether (sulfide) groups is 1. The minimum absolute atomic E-state index is 0.0933. The van der Waals surface area contributed by atoms with Gasteiger partial charge in [-0.15, -0.1) is 0 Å². The number of rotatable bonds is 4. The molecule has 1 aliphatic rings. The second kappa shape index (κ2) is 7.76. The van der Waals surface area contributed by atoms with E-state index in [1.54, 1.807) is 12.1 Å². The SMILES string of the molecule is O=C(CSC(=O)c1ccccc1)Nc1ccc2c(c1)C[n+]1ccccc1C2. The van der Waals surface area contributed by atoms with Crippen LogP contribution < -0.4 is 9.88 Å². The Kier molecular flexibility index (Phi) is 5.03. The van der Waals surface area contributed by atoms with E-state index in [4.69, 9.17) is 0 Å². The molecule has 27 heavy (non-hydrogen) atoms. The standard InChI is InChI=1S/C22H18N2O2S/c25-21(15-27-22(26)16-6-2-1-3-7-16)23-19-10-9-17-13-20-8-4-5-11-24(20)14-18(17)12-19/h1-12H,13-15H2/p+1. The average Bonchev–Trinajstić information content (AvgIpc) is 2.71. The van der Waals surface area contributed by atoms with Crippen molar-refractivity contribution in [3.63, 3.8) is 0 Å². The highest BCUT2D eigenvalue weighted by molar-refractivity contribution is 8.14. The number of anilines is 1. The molecule has 0 saturated heterocycles. The van der Waals surface area contributed by atoms with E-state index in [0.29, 0.717) is 5.56 Å². The lowest BCUT2D eigenvalue weighted by Crippen LogP contribution is -2.41. The van der Waals surface area contributed by atoms with Crippen molar-refractivity contribution in [3.8, 4) is 0 Å². The lowest BCUT2D eigenvalue weighted by atomic mass is 9.97. The van der Waals surface area contributed by atoms with Gasteiger partial charge in [-0.2, -0.15) is 4.57 Å². The quantitative estimate of drug-likeness (QED) is 0.556. The van der Waals surface area contributed by atoms with Gasteiger partial charge in [0.25, 0.3) is 0 Å². The summed E-state index contributed by atoms with van der Waals surface area (Å²) in [6.45, 7) is 0.802. The Bertz CT molecular complexity index is 1000. The molecule has 4 nitrogen and oxygen atoms in total. The van der Waals surface area contributed by atoms with Crippen LogP contribution in [-0.4, -0.2) is 16.8 Å². The van der Waals surface area contributed by atoms with Crippen LogP contribution in [0.3, 0.4) is 0 Å². The minimum Gasteiger partial charge on any atom is -0.325 e. The van der Waals surface area contributed by atoms with Gasteiger partial charge < -0.3 is 5.32 Å². The van der Waals surface area contributed by atoms with E-state index < -0.39 is 0 Å². The Labute approximate surface area is 162 Å². The van der Waals surface area contributed by atoms with E-state index in [0.717, 1.165) is 30.4 Å². The molecule has 0 atom stereocenters. The Balaban J connectivity index is 1.38. The lowest BCUT2D eigenvalue weighted by Gasteiger charge is -2.15. The van der Waals surface area contributed by atoms with Crippen molar-refractivity contribution in [2.24, 2.45) is 0 Å². The topological polar surface area (TPSA) is 50.1 Å². The highest BCUT2D eigenvalue weighted by atomic mass is 32.2. The number of hydrogen-bond donors (Lipinski definition) is 1. The van der Waals surface area contributed by atoms with Gasteiger partial charge in [-0.1, -0.05) is 54.2 Å². The number of aromatic nitrogens is 1. The number of carbonyl (C=O) groups is 2. The summed E-state index contributed by atoms with van der Waals surface area (Å²) in [7, 11) is 0. The molecular weight excluding hydrogens is 356 g/mol. The summed E-state index contributed by atoms with van der Waals surface area (Å²) in [5.74, 6) is -0.0735. The number of nitrogens with one attached hydrogen (secondary N) is 1. The van der Waals surface area contributed by atoms with Gasteiger partial charge in [0.1, 0.15) is 0 Å². The van der Waals surface area contributed by atoms with Gasteiger partial charge in [-0.05, 0) is 17.7 Å². The normalized spacial score (nSPS) is 12.0. The molecule has 4 rings (SSSR count). The van der Waals surface area contributed by atoms with Crippen LogP contribution in [0.2, 0.25) is 0 Å². The Morgan fingerprint density at radius 3 is 2.63 bits per heavy atom. The molecule has 1 aliphatic heterocycles. The zero-order valence-electron chi connectivity index (χ0n) is 14.7. The molecule has 0 bridgehead atoms. The number of amides is 1. The Morgan fingerprint density at radius 2 is 1.78 bits per heavy atom. The van der Waals surface area contributed by atoms with Crippen molar-refractivity contribution in [3.05, 3.63) is 95.3 Å². The number of benzene rings is 2. The average molecular weight is 375 g/mol. The molecule has 0 unspecified atom stereocenters. The van der Waals surface area contributed by atoms with Gasteiger partial charge in [-0.3, -0.25) is 9.59 Å². The van der Waals surface area contributed by atoms with E-state index in [-0.39, 0.29) is 16.8 Å². The predicted molar refractivity (Wildman–Crippen MR) is 107 cm³/mol. The van der Waals surface area contributed by atoms with Crippen LogP contribution in [0.15, 0.2) is 72.9 Å². The van der Waals surface area contributed by atoms with Crippen molar-refractivity contribution >= 4 is 28.5 Å². The number of carbonyl (C=O) groups excluding carboxylic acids is 2. The van der Waals surface area contributed by atoms with E-state index >= 15 is 0 Å².